The topological polar surface area (TPSA) is 109 Å². The Balaban J connectivity index is 0.000000333. The molecule has 2 aliphatic rings. The van der Waals surface area contributed by atoms with Crippen molar-refractivity contribution < 1.29 is 55.6 Å². The zero-order valence-electron chi connectivity index (χ0n) is 21.8. The first kappa shape index (κ1) is 33.0. The number of benzene rings is 1. The first-order valence-electron chi connectivity index (χ1n) is 12.1. The van der Waals surface area contributed by atoms with Gasteiger partial charge in [0.2, 0.25) is 0 Å². The van der Waals surface area contributed by atoms with Gasteiger partial charge in [0, 0.05) is 38.4 Å². The van der Waals surface area contributed by atoms with Crippen LogP contribution in [0.5, 0.6) is 0 Å². The molecule has 2 aliphatic heterocycles. The van der Waals surface area contributed by atoms with Crippen LogP contribution in [0.1, 0.15) is 35.4 Å². The molecule has 0 saturated carbocycles. The Morgan fingerprint density at radius 1 is 1.00 bits per heavy atom. The zero-order valence-corrected chi connectivity index (χ0v) is 21.8. The van der Waals surface area contributed by atoms with Gasteiger partial charge in [0.15, 0.2) is 0 Å². The van der Waals surface area contributed by atoms with E-state index in [0.29, 0.717) is 6.61 Å². The van der Waals surface area contributed by atoms with E-state index in [1.54, 1.807) is 0 Å². The number of likely N-dealkylation sites (tertiary alicyclic amines) is 1. The number of carboxylic acids is 2. The highest BCUT2D eigenvalue weighted by atomic mass is 19.4. The van der Waals surface area contributed by atoms with Crippen LogP contribution < -0.4 is 0 Å². The fourth-order valence-electron chi connectivity index (χ4n) is 4.14. The van der Waals surface area contributed by atoms with E-state index in [2.05, 4.69) is 41.1 Å². The van der Waals surface area contributed by atoms with Crippen molar-refractivity contribution in [3.05, 3.63) is 65.0 Å². The predicted molar refractivity (Wildman–Crippen MR) is 129 cm³/mol. The third-order valence-electron chi connectivity index (χ3n) is 6.02. The summed E-state index contributed by atoms with van der Waals surface area (Å²) < 4.78 is 75.8. The number of nitrogens with zero attached hydrogens (tertiary/aromatic N) is 2. The van der Waals surface area contributed by atoms with Crippen molar-refractivity contribution in [3.63, 3.8) is 0 Å². The van der Waals surface area contributed by atoms with Gasteiger partial charge in [0.25, 0.3) is 0 Å². The maximum atomic E-state index is 10.6. The lowest BCUT2D eigenvalue weighted by Gasteiger charge is -2.53. The van der Waals surface area contributed by atoms with Crippen LogP contribution in [-0.2, 0) is 32.2 Å². The molecule has 3 heterocycles. The average Bonchev–Trinajstić information content (AvgIpc) is 2.83. The molecule has 222 valence electrons. The minimum atomic E-state index is -5.08. The Hall–Kier alpha value is -3.23. The van der Waals surface area contributed by atoms with E-state index in [9.17, 15) is 26.3 Å². The molecule has 1 unspecified atom stereocenters. The molecular weight excluding hydrogens is 550 g/mol. The molecule has 2 aromatic rings. The number of carboxylic acid groups (broad SMARTS) is 2. The van der Waals surface area contributed by atoms with E-state index >= 15 is 0 Å². The van der Waals surface area contributed by atoms with Gasteiger partial charge in [-0.2, -0.15) is 26.3 Å². The Bertz CT molecular complexity index is 1110. The van der Waals surface area contributed by atoms with Gasteiger partial charge in [-0.15, -0.1) is 0 Å². The molecular formula is C26H30F6N2O6. The molecule has 2 saturated heterocycles. The minimum absolute atomic E-state index is 0.00830. The largest absolute Gasteiger partial charge is 0.490 e. The lowest BCUT2D eigenvalue weighted by atomic mass is 9.84. The smallest absolute Gasteiger partial charge is 0.475 e. The number of rotatable bonds is 5. The van der Waals surface area contributed by atoms with Gasteiger partial charge in [-0.3, -0.25) is 9.88 Å². The average molecular weight is 581 g/mol. The normalized spacial score (nSPS) is 18.4. The number of hydrogen-bond donors (Lipinski definition) is 2. The summed E-state index contributed by atoms with van der Waals surface area (Å²) in [6.07, 6.45) is -7.93. The van der Waals surface area contributed by atoms with E-state index < -0.39 is 24.3 Å². The quantitative estimate of drug-likeness (QED) is 0.480. The number of carbonyl (C=O) groups is 2. The molecule has 40 heavy (non-hydrogen) atoms. The van der Waals surface area contributed by atoms with E-state index in [1.807, 2.05) is 25.1 Å². The molecule has 14 heteroatoms. The van der Waals surface area contributed by atoms with Crippen LogP contribution in [0.3, 0.4) is 0 Å². The van der Waals surface area contributed by atoms with Crippen LogP contribution in [0.15, 0.2) is 42.5 Å². The molecule has 4 rings (SSSR count). The standard InChI is InChI=1S/C22H28N2O2.2C2HF3O2/c1-17-6-3-4-8-19(17)13-24-15-22(16-24)12-21(10-11-26-22)25-14-20-9-5-7-18(2)23-20;2*3-2(4,5)1(6)7/h3-9,21H,10-16H2,1-2H3;2*(H,6,7). The summed E-state index contributed by atoms with van der Waals surface area (Å²) in [6.45, 7) is 8.61. The second kappa shape index (κ2) is 13.9. The van der Waals surface area contributed by atoms with Crippen LogP contribution in [-0.4, -0.2) is 75.8 Å². The van der Waals surface area contributed by atoms with Gasteiger partial charge in [0.05, 0.1) is 24.0 Å². The van der Waals surface area contributed by atoms with Gasteiger partial charge in [-0.25, -0.2) is 9.59 Å². The number of alkyl halides is 6. The lowest BCUT2D eigenvalue weighted by molar-refractivity contribution is -0.200. The maximum Gasteiger partial charge on any atom is 0.490 e. The molecule has 1 spiro atoms. The minimum Gasteiger partial charge on any atom is -0.475 e. The van der Waals surface area contributed by atoms with Crippen LogP contribution >= 0.6 is 0 Å². The molecule has 0 bridgehead atoms. The first-order valence-corrected chi connectivity index (χ1v) is 12.1. The number of ether oxygens (including phenoxy) is 2. The number of aliphatic carboxylic acids is 2. The Kier molecular flexibility index (Phi) is 11.5. The molecule has 2 N–H and O–H groups in total. The van der Waals surface area contributed by atoms with Crippen molar-refractivity contribution >= 4 is 11.9 Å². The summed E-state index contributed by atoms with van der Waals surface area (Å²) in [7, 11) is 0. The van der Waals surface area contributed by atoms with Crippen molar-refractivity contribution in [2.75, 3.05) is 19.7 Å². The lowest BCUT2D eigenvalue weighted by Crippen LogP contribution is -2.65. The van der Waals surface area contributed by atoms with Crippen molar-refractivity contribution in [2.45, 2.75) is 63.9 Å². The van der Waals surface area contributed by atoms with Gasteiger partial charge in [-0.1, -0.05) is 30.3 Å². The van der Waals surface area contributed by atoms with Crippen molar-refractivity contribution in [2.24, 2.45) is 0 Å². The molecule has 1 atom stereocenters. The number of hydrogen-bond acceptors (Lipinski definition) is 6. The van der Waals surface area contributed by atoms with Gasteiger partial charge < -0.3 is 19.7 Å². The SMILES string of the molecule is Cc1cccc(COC2CCOC3(C2)CN(Cc2ccccc2C)C3)n1.O=C(O)C(F)(F)F.O=C(O)C(F)(F)F. The summed E-state index contributed by atoms with van der Waals surface area (Å²) in [5.74, 6) is -5.51. The summed E-state index contributed by atoms with van der Waals surface area (Å²) in [6, 6.07) is 14.7. The van der Waals surface area contributed by atoms with Crippen molar-refractivity contribution in [1.29, 1.82) is 0 Å². The third-order valence-corrected chi connectivity index (χ3v) is 6.02. The fraction of sp³-hybridized carbons (Fsp3) is 0.500. The van der Waals surface area contributed by atoms with Gasteiger partial charge in [-0.05, 0) is 43.5 Å². The molecule has 0 amide bonds. The third kappa shape index (κ3) is 10.7. The Labute approximate surface area is 226 Å². The molecule has 8 nitrogen and oxygen atoms in total. The second-order valence-electron chi connectivity index (χ2n) is 9.41. The van der Waals surface area contributed by atoms with Crippen molar-refractivity contribution in [3.8, 4) is 0 Å². The summed E-state index contributed by atoms with van der Waals surface area (Å²) in [5.41, 5.74) is 4.83. The van der Waals surface area contributed by atoms with E-state index in [-0.39, 0.29) is 11.7 Å². The van der Waals surface area contributed by atoms with E-state index in [4.69, 9.17) is 29.3 Å². The highest BCUT2D eigenvalue weighted by Crippen LogP contribution is 2.36. The Morgan fingerprint density at radius 3 is 2.10 bits per heavy atom. The summed E-state index contributed by atoms with van der Waals surface area (Å²) >= 11 is 0. The summed E-state index contributed by atoms with van der Waals surface area (Å²) in [5, 5.41) is 14.2. The maximum absolute atomic E-state index is 10.6. The number of halogens is 6. The van der Waals surface area contributed by atoms with Gasteiger partial charge >= 0.3 is 24.3 Å². The first-order chi connectivity index (χ1) is 18.5. The molecule has 1 aromatic heterocycles. The number of aromatic nitrogens is 1. The fourth-order valence-corrected chi connectivity index (χ4v) is 4.14. The molecule has 1 aromatic carbocycles. The van der Waals surface area contributed by atoms with E-state index in [1.165, 1.54) is 11.1 Å². The van der Waals surface area contributed by atoms with Crippen LogP contribution in [0.2, 0.25) is 0 Å². The number of pyridine rings is 1. The predicted octanol–water partition coefficient (Wildman–Crippen LogP) is 4.92. The highest BCUT2D eigenvalue weighted by molar-refractivity contribution is 5.73. The zero-order chi connectivity index (χ0) is 30.1. The number of aryl methyl sites for hydroxylation is 2. The Morgan fingerprint density at radius 2 is 1.57 bits per heavy atom. The summed E-state index contributed by atoms with van der Waals surface area (Å²) in [4.78, 5) is 24.8. The molecule has 0 radical (unpaired) electrons. The molecule has 2 fully saturated rings. The van der Waals surface area contributed by atoms with Crippen LogP contribution in [0.4, 0.5) is 26.3 Å². The molecule has 0 aliphatic carbocycles. The van der Waals surface area contributed by atoms with Gasteiger partial charge in [0.1, 0.15) is 0 Å². The van der Waals surface area contributed by atoms with Crippen LogP contribution in [0, 0.1) is 13.8 Å². The van der Waals surface area contributed by atoms with Crippen LogP contribution in [0.25, 0.3) is 0 Å². The van der Waals surface area contributed by atoms with E-state index in [0.717, 1.165) is 50.5 Å². The van der Waals surface area contributed by atoms with Crippen molar-refractivity contribution in [1.82, 2.24) is 9.88 Å². The monoisotopic (exact) mass is 580 g/mol. The highest BCUT2D eigenvalue weighted by Gasteiger charge is 2.47. The second-order valence-corrected chi connectivity index (χ2v) is 9.41.